The summed E-state index contributed by atoms with van der Waals surface area (Å²) in [5.41, 5.74) is 0.152. The van der Waals surface area contributed by atoms with Crippen LogP contribution < -0.4 is 5.32 Å². The summed E-state index contributed by atoms with van der Waals surface area (Å²) in [6, 6.07) is 4.38. The third kappa shape index (κ3) is 3.61. The highest BCUT2D eigenvalue weighted by atomic mass is 19.2. The van der Waals surface area contributed by atoms with Crippen molar-refractivity contribution in [3.05, 3.63) is 35.4 Å². The standard InChI is InChI=1S/C17H25F2NO/c1-3-21-17(10-5-4-6-11-17)15(20-2)12-13-8-7-9-14(18)16(13)19/h7-9,15,20H,3-6,10-12H2,1-2H3. The van der Waals surface area contributed by atoms with Crippen LogP contribution in [0.2, 0.25) is 0 Å². The van der Waals surface area contributed by atoms with Crippen LogP contribution in [0.25, 0.3) is 0 Å². The second-order valence-electron chi connectivity index (χ2n) is 5.82. The second-order valence-corrected chi connectivity index (χ2v) is 5.82. The Morgan fingerprint density at radius 3 is 2.57 bits per heavy atom. The first-order valence-corrected chi connectivity index (χ1v) is 7.87. The fourth-order valence-electron chi connectivity index (χ4n) is 3.51. The number of hydrogen-bond donors (Lipinski definition) is 1. The van der Waals surface area contributed by atoms with Crippen molar-refractivity contribution in [3.63, 3.8) is 0 Å². The number of hydrogen-bond acceptors (Lipinski definition) is 2. The van der Waals surface area contributed by atoms with Gasteiger partial charge in [0.25, 0.3) is 0 Å². The number of rotatable bonds is 6. The highest BCUT2D eigenvalue weighted by Crippen LogP contribution is 2.36. The van der Waals surface area contributed by atoms with Crippen LogP contribution in [-0.4, -0.2) is 25.3 Å². The monoisotopic (exact) mass is 297 g/mol. The molecule has 21 heavy (non-hydrogen) atoms. The predicted octanol–water partition coefficient (Wildman–Crippen LogP) is 3.83. The van der Waals surface area contributed by atoms with E-state index in [2.05, 4.69) is 5.32 Å². The fraction of sp³-hybridized carbons (Fsp3) is 0.647. The van der Waals surface area contributed by atoms with E-state index < -0.39 is 11.6 Å². The zero-order valence-electron chi connectivity index (χ0n) is 12.9. The summed E-state index contributed by atoms with van der Waals surface area (Å²) in [6.45, 7) is 2.63. The normalized spacial score (nSPS) is 19.4. The van der Waals surface area contributed by atoms with Crippen molar-refractivity contribution in [2.75, 3.05) is 13.7 Å². The highest BCUT2D eigenvalue weighted by molar-refractivity contribution is 5.21. The molecule has 2 rings (SSSR count). The fourth-order valence-corrected chi connectivity index (χ4v) is 3.51. The predicted molar refractivity (Wildman–Crippen MR) is 80.4 cm³/mol. The van der Waals surface area contributed by atoms with Gasteiger partial charge in [-0.3, -0.25) is 0 Å². The molecule has 2 nitrogen and oxygen atoms in total. The molecule has 0 saturated heterocycles. The van der Waals surface area contributed by atoms with E-state index >= 15 is 0 Å². The van der Waals surface area contributed by atoms with E-state index in [-0.39, 0.29) is 11.6 Å². The van der Waals surface area contributed by atoms with Gasteiger partial charge in [-0.1, -0.05) is 31.4 Å². The average Bonchev–Trinajstić information content (AvgIpc) is 2.50. The first-order chi connectivity index (χ1) is 10.1. The molecule has 0 radical (unpaired) electrons. The summed E-state index contributed by atoms with van der Waals surface area (Å²) >= 11 is 0. The Labute approximate surface area is 125 Å². The Morgan fingerprint density at radius 2 is 1.95 bits per heavy atom. The Bertz CT molecular complexity index is 453. The summed E-state index contributed by atoms with van der Waals surface area (Å²) in [6.07, 6.45) is 5.87. The van der Waals surface area contributed by atoms with Crippen LogP contribution >= 0.6 is 0 Å². The molecule has 0 bridgehead atoms. The van der Waals surface area contributed by atoms with Crippen molar-refractivity contribution in [3.8, 4) is 0 Å². The van der Waals surface area contributed by atoms with Crippen molar-refractivity contribution < 1.29 is 13.5 Å². The molecule has 1 aliphatic carbocycles. The zero-order valence-corrected chi connectivity index (χ0v) is 12.9. The van der Waals surface area contributed by atoms with Gasteiger partial charge in [0.1, 0.15) is 0 Å². The van der Waals surface area contributed by atoms with E-state index in [0.29, 0.717) is 18.6 Å². The minimum atomic E-state index is -0.781. The lowest BCUT2D eigenvalue weighted by molar-refractivity contribution is -0.0884. The number of halogens is 2. The Hall–Kier alpha value is -1.00. The van der Waals surface area contributed by atoms with E-state index in [1.165, 1.54) is 6.42 Å². The smallest absolute Gasteiger partial charge is 0.162 e. The van der Waals surface area contributed by atoms with Crippen LogP contribution in [0, 0.1) is 11.6 Å². The van der Waals surface area contributed by atoms with Gasteiger partial charge in [-0.25, -0.2) is 8.78 Å². The molecule has 0 amide bonds. The third-order valence-electron chi connectivity index (χ3n) is 4.57. The molecule has 0 heterocycles. The third-order valence-corrected chi connectivity index (χ3v) is 4.57. The number of ether oxygens (including phenoxy) is 1. The highest BCUT2D eigenvalue weighted by Gasteiger charge is 2.40. The van der Waals surface area contributed by atoms with E-state index in [1.807, 2.05) is 14.0 Å². The molecule has 1 atom stereocenters. The van der Waals surface area contributed by atoms with Crippen LogP contribution in [0.3, 0.4) is 0 Å². The van der Waals surface area contributed by atoms with Gasteiger partial charge in [0, 0.05) is 12.6 Å². The van der Waals surface area contributed by atoms with Crippen LogP contribution in [0.4, 0.5) is 8.78 Å². The van der Waals surface area contributed by atoms with E-state index in [1.54, 1.807) is 12.1 Å². The molecule has 4 heteroatoms. The summed E-state index contributed by atoms with van der Waals surface area (Å²) in [5.74, 6) is -1.52. The van der Waals surface area contributed by atoms with Crippen LogP contribution in [0.1, 0.15) is 44.6 Å². The van der Waals surface area contributed by atoms with Crippen molar-refractivity contribution in [2.24, 2.45) is 0 Å². The zero-order chi connectivity index (χ0) is 15.3. The second kappa shape index (κ2) is 7.32. The molecule has 1 saturated carbocycles. The largest absolute Gasteiger partial charge is 0.374 e. The number of likely N-dealkylation sites (N-methyl/N-ethyl adjacent to an activating group) is 1. The lowest BCUT2D eigenvalue weighted by Crippen LogP contribution is -2.54. The first kappa shape index (κ1) is 16.4. The van der Waals surface area contributed by atoms with Crippen molar-refractivity contribution in [1.82, 2.24) is 5.32 Å². The number of benzene rings is 1. The summed E-state index contributed by atoms with van der Waals surface area (Å²) in [5, 5.41) is 3.28. The molecule has 118 valence electrons. The Morgan fingerprint density at radius 1 is 1.24 bits per heavy atom. The molecule has 0 aromatic heterocycles. The maximum atomic E-state index is 13.9. The summed E-state index contributed by atoms with van der Waals surface area (Å²) in [7, 11) is 1.87. The van der Waals surface area contributed by atoms with Crippen LogP contribution in [-0.2, 0) is 11.2 Å². The molecule has 0 aliphatic heterocycles. The number of nitrogens with one attached hydrogen (secondary N) is 1. The Kier molecular flexibility index (Phi) is 5.71. The van der Waals surface area contributed by atoms with Crippen LogP contribution in [0.15, 0.2) is 18.2 Å². The van der Waals surface area contributed by atoms with Crippen molar-refractivity contribution in [2.45, 2.75) is 57.1 Å². The Balaban J connectivity index is 2.22. The average molecular weight is 297 g/mol. The summed E-state index contributed by atoms with van der Waals surface area (Å²) in [4.78, 5) is 0. The molecule has 1 aliphatic rings. The molecular weight excluding hydrogens is 272 g/mol. The lowest BCUT2D eigenvalue weighted by Gasteiger charge is -2.43. The molecule has 1 N–H and O–H groups in total. The quantitative estimate of drug-likeness (QED) is 0.861. The molecule has 1 unspecified atom stereocenters. The molecule has 1 fully saturated rings. The lowest BCUT2D eigenvalue weighted by atomic mass is 9.77. The maximum absolute atomic E-state index is 13.9. The maximum Gasteiger partial charge on any atom is 0.162 e. The molecule has 0 spiro atoms. The van der Waals surface area contributed by atoms with Crippen molar-refractivity contribution >= 4 is 0 Å². The van der Waals surface area contributed by atoms with E-state index in [4.69, 9.17) is 4.74 Å². The van der Waals surface area contributed by atoms with Gasteiger partial charge in [-0.2, -0.15) is 0 Å². The van der Waals surface area contributed by atoms with Gasteiger partial charge in [-0.15, -0.1) is 0 Å². The van der Waals surface area contributed by atoms with Gasteiger partial charge in [0.05, 0.1) is 5.60 Å². The topological polar surface area (TPSA) is 21.3 Å². The van der Waals surface area contributed by atoms with E-state index in [0.717, 1.165) is 31.7 Å². The van der Waals surface area contributed by atoms with Crippen LogP contribution in [0.5, 0.6) is 0 Å². The van der Waals surface area contributed by atoms with Gasteiger partial charge >= 0.3 is 0 Å². The SMILES string of the molecule is CCOC1(C(Cc2cccc(F)c2F)NC)CCCCC1. The first-order valence-electron chi connectivity index (χ1n) is 7.87. The van der Waals surface area contributed by atoms with E-state index in [9.17, 15) is 8.78 Å². The summed E-state index contributed by atoms with van der Waals surface area (Å²) < 4.78 is 33.4. The van der Waals surface area contributed by atoms with Gasteiger partial charge in [-0.05, 0) is 44.9 Å². The molecule has 1 aromatic rings. The van der Waals surface area contributed by atoms with Gasteiger partial charge < -0.3 is 10.1 Å². The van der Waals surface area contributed by atoms with Crippen molar-refractivity contribution in [1.29, 1.82) is 0 Å². The van der Waals surface area contributed by atoms with Gasteiger partial charge in [0.2, 0.25) is 0 Å². The minimum absolute atomic E-state index is 0.00551. The van der Waals surface area contributed by atoms with Gasteiger partial charge in [0.15, 0.2) is 11.6 Å². The molecule has 1 aromatic carbocycles. The molecular formula is C17H25F2NO. The minimum Gasteiger partial charge on any atom is -0.374 e.